The van der Waals surface area contributed by atoms with E-state index in [4.69, 9.17) is 14.9 Å². The van der Waals surface area contributed by atoms with E-state index >= 15 is 0 Å². The van der Waals surface area contributed by atoms with Crippen LogP contribution in [0.15, 0.2) is 41.0 Å². The molecule has 0 aliphatic carbocycles. The van der Waals surface area contributed by atoms with Crippen LogP contribution in [0, 0.1) is 6.92 Å². The lowest BCUT2D eigenvalue weighted by atomic mass is 10.2. The summed E-state index contributed by atoms with van der Waals surface area (Å²) in [5, 5.41) is 2.77. The normalized spacial score (nSPS) is 10.4. The molecular weight excluding hydrogens is 244 g/mol. The van der Waals surface area contributed by atoms with Gasteiger partial charge in [0, 0.05) is 11.4 Å². The molecule has 0 unspecified atom stereocenters. The van der Waals surface area contributed by atoms with Crippen LogP contribution in [0.5, 0.6) is 0 Å². The first-order chi connectivity index (χ1) is 9.15. The summed E-state index contributed by atoms with van der Waals surface area (Å²) in [7, 11) is 0. The number of carbonyl (C=O) groups excluding carboxylic acids is 1. The number of amides is 1. The third kappa shape index (κ3) is 3.86. The number of aryl methyl sites for hydroxylation is 1. The second-order valence-corrected chi connectivity index (χ2v) is 4.19. The van der Waals surface area contributed by atoms with Crippen molar-refractivity contribution in [2.75, 3.05) is 17.7 Å². The van der Waals surface area contributed by atoms with Crippen molar-refractivity contribution in [2.24, 2.45) is 0 Å². The Morgan fingerprint density at radius 2 is 2.26 bits per heavy atom. The summed E-state index contributed by atoms with van der Waals surface area (Å²) in [5.74, 6) is 0.482. The number of hydrogen-bond acceptors (Lipinski definition) is 4. The molecule has 0 spiro atoms. The SMILES string of the molecule is Cc1cc(N)ccc1NC(=O)COCc1ccco1. The molecule has 0 fully saturated rings. The minimum Gasteiger partial charge on any atom is -0.467 e. The highest BCUT2D eigenvalue weighted by atomic mass is 16.5. The van der Waals surface area contributed by atoms with Crippen LogP contribution in [0.25, 0.3) is 0 Å². The largest absolute Gasteiger partial charge is 0.467 e. The van der Waals surface area contributed by atoms with Gasteiger partial charge in [0.15, 0.2) is 0 Å². The van der Waals surface area contributed by atoms with Crippen LogP contribution in [0.1, 0.15) is 11.3 Å². The minimum atomic E-state index is -0.209. The van der Waals surface area contributed by atoms with Crippen LogP contribution in [0.4, 0.5) is 11.4 Å². The number of ether oxygens (including phenoxy) is 1. The van der Waals surface area contributed by atoms with Gasteiger partial charge in [-0.3, -0.25) is 4.79 Å². The summed E-state index contributed by atoms with van der Waals surface area (Å²) in [4.78, 5) is 11.7. The molecule has 0 saturated carbocycles. The molecule has 0 bridgehead atoms. The molecule has 0 saturated heterocycles. The van der Waals surface area contributed by atoms with Crippen LogP contribution >= 0.6 is 0 Å². The average molecular weight is 260 g/mol. The zero-order valence-corrected chi connectivity index (χ0v) is 10.7. The highest BCUT2D eigenvalue weighted by Gasteiger charge is 2.06. The number of hydrogen-bond donors (Lipinski definition) is 2. The molecule has 1 aromatic heterocycles. The second-order valence-electron chi connectivity index (χ2n) is 4.19. The van der Waals surface area contributed by atoms with Gasteiger partial charge >= 0.3 is 0 Å². The molecule has 0 aliphatic rings. The molecule has 100 valence electrons. The first-order valence-corrected chi connectivity index (χ1v) is 5.91. The van der Waals surface area contributed by atoms with E-state index < -0.39 is 0 Å². The highest BCUT2D eigenvalue weighted by Crippen LogP contribution is 2.17. The molecule has 1 aromatic carbocycles. The monoisotopic (exact) mass is 260 g/mol. The first kappa shape index (κ1) is 13.2. The minimum absolute atomic E-state index is 0.0233. The number of rotatable bonds is 5. The lowest BCUT2D eigenvalue weighted by Gasteiger charge is -2.09. The number of benzene rings is 1. The van der Waals surface area contributed by atoms with Gasteiger partial charge in [-0.2, -0.15) is 0 Å². The van der Waals surface area contributed by atoms with E-state index in [2.05, 4.69) is 5.32 Å². The summed E-state index contributed by atoms with van der Waals surface area (Å²) in [5.41, 5.74) is 7.97. The molecule has 3 N–H and O–H groups in total. The Bertz CT molecular complexity index is 550. The van der Waals surface area contributed by atoms with Gasteiger partial charge in [0.2, 0.25) is 5.91 Å². The van der Waals surface area contributed by atoms with Crippen molar-refractivity contribution in [1.82, 2.24) is 0 Å². The van der Waals surface area contributed by atoms with Gasteiger partial charge in [-0.05, 0) is 42.8 Å². The fourth-order valence-electron chi connectivity index (χ4n) is 1.65. The number of carbonyl (C=O) groups is 1. The van der Waals surface area contributed by atoms with Gasteiger partial charge in [-0.15, -0.1) is 0 Å². The van der Waals surface area contributed by atoms with Crippen molar-refractivity contribution in [3.05, 3.63) is 47.9 Å². The molecular formula is C14H16N2O3. The Morgan fingerprint density at radius 1 is 1.42 bits per heavy atom. The van der Waals surface area contributed by atoms with Gasteiger partial charge in [0.25, 0.3) is 0 Å². The van der Waals surface area contributed by atoms with E-state index in [0.717, 1.165) is 11.3 Å². The smallest absolute Gasteiger partial charge is 0.250 e. The van der Waals surface area contributed by atoms with Crippen LogP contribution in [-0.4, -0.2) is 12.5 Å². The molecule has 2 aromatic rings. The summed E-state index contributed by atoms with van der Waals surface area (Å²) in [6.07, 6.45) is 1.57. The van der Waals surface area contributed by atoms with Crippen molar-refractivity contribution in [3.8, 4) is 0 Å². The lowest BCUT2D eigenvalue weighted by molar-refractivity contribution is -0.121. The number of nitrogens with two attached hydrogens (primary N) is 1. The van der Waals surface area contributed by atoms with Crippen LogP contribution < -0.4 is 11.1 Å². The van der Waals surface area contributed by atoms with Crippen LogP contribution in [0.3, 0.4) is 0 Å². The van der Waals surface area contributed by atoms with Gasteiger partial charge in [0.1, 0.15) is 19.0 Å². The number of anilines is 2. The maximum absolute atomic E-state index is 11.7. The molecule has 0 radical (unpaired) electrons. The van der Waals surface area contributed by atoms with E-state index in [-0.39, 0.29) is 19.1 Å². The maximum Gasteiger partial charge on any atom is 0.250 e. The second kappa shape index (κ2) is 6.06. The summed E-state index contributed by atoms with van der Waals surface area (Å²) >= 11 is 0. The van der Waals surface area contributed by atoms with Crippen molar-refractivity contribution in [1.29, 1.82) is 0 Å². The van der Waals surface area contributed by atoms with E-state index in [0.29, 0.717) is 11.4 Å². The Balaban J connectivity index is 1.80. The molecule has 0 atom stereocenters. The third-order valence-corrected chi connectivity index (χ3v) is 2.58. The molecule has 1 amide bonds. The standard InChI is InChI=1S/C14H16N2O3/c1-10-7-11(15)4-5-13(10)16-14(17)9-18-8-12-3-2-6-19-12/h2-7H,8-9,15H2,1H3,(H,16,17). The van der Waals surface area contributed by atoms with Gasteiger partial charge < -0.3 is 20.2 Å². The molecule has 5 heteroatoms. The zero-order valence-electron chi connectivity index (χ0n) is 10.7. The quantitative estimate of drug-likeness (QED) is 0.809. The molecule has 1 heterocycles. The first-order valence-electron chi connectivity index (χ1n) is 5.91. The van der Waals surface area contributed by atoms with Crippen molar-refractivity contribution < 1.29 is 13.9 Å². The number of furan rings is 1. The molecule has 19 heavy (non-hydrogen) atoms. The molecule has 0 aliphatic heterocycles. The van der Waals surface area contributed by atoms with Crippen molar-refractivity contribution in [2.45, 2.75) is 13.5 Å². The van der Waals surface area contributed by atoms with E-state index in [1.54, 1.807) is 36.6 Å². The average Bonchev–Trinajstić information content (AvgIpc) is 2.86. The van der Waals surface area contributed by atoms with E-state index in [1.807, 2.05) is 6.92 Å². The van der Waals surface area contributed by atoms with E-state index in [9.17, 15) is 4.79 Å². The third-order valence-electron chi connectivity index (χ3n) is 2.58. The highest BCUT2D eigenvalue weighted by molar-refractivity contribution is 5.92. The zero-order chi connectivity index (χ0) is 13.7. The Labute approximate surface area is 111 Å². The summed E-state index contributed by atoms with van der Waals surface area (Å²) in [6.45, 7) is 2.14. The summed E-state index contributed by atoms with van der Waals surface area (Å²) < 4.78 is 10.3. The van der Waals surface area contributed by atoms with E-state index in [1.165, 1.54) is 0 Å². The predicted octanol–water partition coefficient (Wildman–Crippen LogP) is 2.33. The number of nitrogen functional groups attached to an aromatic ring is 1. The van der Waals surface area contributed by atoms with Gasteiger partial charge in [-0.25, -0.2) is 0 Å². The van der Waals surface area contributed by atoms with Crippen LogP contribution in [0.2, 0.25) is 0 Å². The summed E-state index contributed by atoms with van der Waals surface area (Å²) in [6, 6.07) is 8.89. The Hall–Kier alpha value is -2.27. The van der Waals surface area contributed by atoms with Crippen molar-refractivity contribution >= 4 is 17.3 Å². The number of nitrogens with one attached hydrogen (secondary N) is 1. The topological polar surface area (TPSA) is 77.5 Å². The fourth-order valence-corrected chi connectivity index (χ4v) is 1.65. The van der Waals surface area contributed by atoms with Gasteiger partial charge in [0.05, 0.1) is 6.26 Å². The predicted molar refractivity (Wildman–Crippen MR) is 72.6 cm³/mol. The van der Waals surface area contributed by atoms with Gasteiger partial charge in [-0.1, -0.05) is 0 Å². The lowest BCUT2D eigenvalue weighted by Crippen LogP contribution is -2.18. The fraction of sp³-hybridized carbons (Fsp3) is 0.214. The molecule has 5 nitrogen and oxygen atoms in total. The Kier molecular flexibility index (Phi) is 4.20. The Morgan fingerprint density at radius 3 is 2.95 bits per heavy atom. The molecule has 2 rings (SSSR count). The maximum atomic E-state index is 11.7. The van der Waals surface area contributed by atoms with Crippen molar-refractivity contribution in [3.63, 3.8) is 0 Å². The van der Waals surface area contributed by atoms with Crippen LogP contribution in [-0.2, 0) is 16.1 Å².